The maximum Gasteiger partial charge on any atom is 0.227 e. The van der Waals surface area contributed by atoms with E-state index in [4.69, 9.17) is 0 Å². The van der Waals surface area contributed by atoms with Crippen molar-refractivity contribution in [3.8, 4) is 0 Å². The number of anilines is 1. The predicted octanol–water partition coefficient (Wildman–Crippen LogP) is 4.78. The zero-order chi connectivity index (χ0) is 18.9. The Hall–Kier alpha value is -2.65. The Balaban J connectivity index is 1.27. The van der Waals surface area contributed by atoms with Crippen molar-refractivity contribution in [3.63, 3.8) is 0 Å². The van der Waals surface area contributed by atoms with Crippen LogP contribution in [-0.2, 0) is 17.8 Å². The van der Waals surface area contributed by atoms with Gasteiger partial charge in [0.2, 0.25) is 5.91 Å². The Morgan fingerprint density at radius 1 is 0.821 bits per heavy atom. The molecule has 1 fully saturated rings. The molecule has 3 aromatic rings. The number of hydrogen-bond donors (Lipinski definition) is 0. The molecule has 0 spiro atoms. The van der Waals surface area contributed by atoms with Crippen LogP contribution in [0.15, 0.2) is 66.7 Å². The van der Waals surface area contributed by atoms with Crippen molar-refractivity contribution in [2.45, 2.75) is 38.3 Å². The fraction of sp³-hybridized carbons (Fsp3) is 0.320. The van der Waals surface area contributed by atoms with Gasteiger partial charge in [-0.05, 0) is 53.3 Å². The van der Waals surface area contributed by atoms with E-state index in [-0.39, 0.29) is 0 Å². The molecule has 1 saturated heterocycles. The maximum absolute atomic E-state index is 12.7. The van der Waals surface area contributed by atoms with E-state index >= 15 is 0 Å². The van der Waals surface area contributed by atoms with Gasteiger partial charge in [-0.15, -0.1) is 0 Å². The molecule has 3 heteroatoms. The number of aryl methyl sites for hydroxylation is 1. The lowest BCUT2D eigenvalue weighted by Gasteiger charge is -2.41. The first-order valence-corrected chi connectivity index (χ1v) is 10.4. The van der Waals surface area contributed by atoms with Crippen LogP contribution < -0.4 is 4.90 Å². The number of benzene rings is 3. The molecule has 3 aromatic carbocycles. The summed E-state index contributed by atoms with van der Waals surface area (Å²) in [7, 11) is 0. The van der Waals surface area contributed by atoms with Crippen molar-refractivity contribution in [1.82, 2.24) is 4.90 Å². The van der Waals surface area contributed by atoms with Crippen LogP contribution in [0.2, 0.25) is 0 Å². The van der Waals surface area contributed by atoms with Gasteiger partial charge in [0.05, 0.1) is 0 Å². The van der Waals surface area contributed by atoms with E-state index < -0.39 is 0 Å². The van der Waals surface area contributed by atoms with E-state index in [1.165, 1.54) is 21.9 Å². The highest BCUT2D eigenvalue weighted by Gasteiger charge is 2.32. The van der Waals surface area contributed by atoms with Gasteiger partial charge < -0.3 is 4.90 Å². The topological polar surface area (TPSA) is 23.6 Å². The summed E-state index contributed by atoms with van der Waals surface area (Å²) in [4.78, 5) is 17.3. The van der Waals surface area contributed by atoms with Crippen molar-refractivity contribution < 1.29 is 4.79 Å². The number of fused-ring (bicyclic) bond motifs is 2. The lowest BCUT2D eigenvalue weighted by Crippen LogP contribution is -2.49. The molecule has 2 aliphatic rings. The fourth-order valence-corrected chi connectivity index (χ4v) is 4.78. The third-order valence-corrected chi connectivity index (χ3v) is 6.27. The number of hydrogen-bond acceptors (Lipinski definition) is 2. The largest absolute Gasteiger partial charge is 0.309 e. The third kappa shape index (κ3) is 3.31. The van der Waals surface area contributed by atoms with E-state index in [9.17, 15) is 4.79 Å². The van der Waals surface area contributed by atoms with E-state index in [2.05, 4.69) is 76.5 Å². The molecule has 0 bridgehead atoms. The number of rotatable bonds is 3. The minimum Gasteiger partial charge on any atom is -0.309 e. The molecule has 5 rings (SSSR count). The molecule has 0 aromatic heterocycles. The Bertz CT molecular complexity index is 1000. The van der Waals surface area contributed by atoms with Gasteiger partial charge >= 0.3 is 0 Å². The molecule has 0 radical (unpaired) electrons. The average Bonchev–Trinajstić information content (AvgIpc) is 2.74. The number of carbonyl (C=O) groups excluding carboxylic acids is 1. The first kappa shape index (κ1) is 17.4. The van der Waals surface area contributed by atoms with Gasteiger partial charge in [-0.2, -0.15) is 0 Å². The zero-order valence-electron chi connectivity index (χ0n) is 16.2. The van der Waals surface area contributed by atoms with Crippen molar-refractivity contribution in [3.05, 3.63) is 77.9 Å². The number of carbonyl (C=O) groups is 1. The van der Waals surface area contributed by atoms with Gasteiger partial charge in [-0.25, -0.2) is 0 Å². The molecule has 0 saturated carbocycles. The van der Waals surface area contributed by atoms with Crippen LogP contribution in [0.5, 0.6) is 0 Å². The number of likely N-dealkylation sites (tertiary alicyclic amines) is 1. The summed E-state index contributed by atoms with van der Waals surface area (Å²) < 4.78 is 0. The van der Waals surface area contributed by atoms with Crippen LogP contribution >= 0.6 is 0 Å². The Labute approximate surface area is 166 Å². The minimum absolute atomic E-state index is 0.298. The molecule has 0 atom stereocenters. The second-order valence-electron chi connectivity index (χ2n) is 8.08. The van der Waals surface area contributed by atoms with E-state index in [0.717, 1.165) is 44.6 Å². The smallest absolute Gasteiger partial charge is 0.227 e. The second kappa shape index (κ2) is 7.40. The number of amides is 1. The van der Waals surface area contributed by atoms with Gasteiger partial charge in [0.1, 0.15) is 0 Å². The summed E-state index contributed by atoms with van der Waals surface area (Å²) >= 11 is 0. The zero-order valence-corrected chi connectivity index (χ0v) is 16.2. The summed E-state index contributed by atoms with van der Waals surface area (Å²) in [6.07, 6.45) is 3.63. The van der Waals surface area contributed by atoms with Crippen LogP contribution in [0.25, 0.3) is 10.8 Å². The molecule has 0 N–H and O–H groups in total. The highest BCUT2D eigenvalue weighted by Crippen LogP contribution is 2.32. The van der Waals surface area contributed by atoms with Crippen molar-refractivity contribution in [1.29, 1.82) is 0 Å². The van der Waals surface area contributed by atoms with Crippen LogP contribution in [0, 0.1) is 0 Å². The number of piperidine rings is 1. The Morgan fingerprint density at radius 3 is 2.43 bits per heavy atom. The van der Waals surface area contributed by atoms with Crippen molar-refractivity contribution in [2.75, 3.05) is 18.0 Å². The van der Waals surface area contributed by atoms with Crippen LogP contribution in [0.1, 0.15) is 30.4 Å². The summed E-state index contributed by atoms with van der Waals surface area (Å²) in [6.45, 7) is 3.08. The third-order valence-electron chi connectivity index (χ3n) is 6.27. The quantitative estimate of drug-likeness (QED) is 0.662. The fourth-order valence-electron chi connectivity index (χ4n) is 4.78. The molecular weight excluding hydrogens is 344 g/mol. The first-order valence-electron chi connectivity index (χ1n) is 10.4. The lowest BCUT2D eigenvalue weighted by atomic mass is 9.95. The predicted molar refractivity (Wildman–Crippen MR) is 114 cm³/mol. The van der Waals surface area contributed by atoms with Crippen molar-refractivity contribution in [2.24, 2.45) is 0 Å². The Kier molecular flexibility index (Phi) is 4.61. The monoisotopic (exact) mass is 370 g/mol. The number of nitrogens with zero attached hydrogens (tertiary/aromatic N) is 2. The van der Waals surface area contributed by atoms with Gasteiger partial charge in [0.15, 0.2) is 0 Å². The molecule has 28 heavy (non-hydrogen) atoms. The van der Waals surface area contributed by atoms with Gasteiger partial charge in [0.25, 0.3) is 0 Å². The summed E-state index contributed by atoms with van der Waals surface area (Å²) in [5.74, 6) is 0.298. The van der Waals surface area contributed by atoms with Gasteiger partial charge in [0, 0.05) is 37.8 Å². The molecule has 0 aliphatic carbocycles. The molecule has 2 aliphatic heterocycles. The molecule has 0 unspecified atom stereocenters. The van der Waals surface area contributed by atoms with E-state index in [1.54, 1.807) is 0 Å². The minimum atomic E-state index is 0.298. The SMILES string of the molecule is O=C1CCc2ccccc2N1C1CCN(Cc2ccc3ccccc3c2)CC1. The molecular formula is C25H26N2O. The summed E-state index contributed by atoms with van der Waals surface area (Å²) in [5, 5.41) is 2.61. The highest BCUT2D eigenvalue weighted by atomic mass is 16.2. The standard InChI is InChI=1S/C25H26N2O/c28-25-12-11-21-6-3-4-8-24(21)27(25)23-13-15-26(16-14-23)18-19-9-10-20-5-1-2-7-22(20)17-19/h1-10,17,23H,11-16,18H2. The van der Waals surface area contributed by atoms with Gasteiger partial charge in [-0.3, -0.25) is 9.69 Å². The van der Waals surface area contributed by atoms with E-state index in [1.807, 2.05) is 0 Å². The second-order valence-corrected chi connectivity index (χ2v) is 8.08. The molecule has 142 valence electrons. The molecule has 1 amide bonds. The van der Waals surface area contributed by atoms with Crippen LogP contribution in [-0.4, -0.2) is 29.9 Å². The molecule has 3 nitrogen and oxygen atoms in total. The average molecular weight is 370 g/mol. The lowest BCUT2D eigenvalue weighted by molar-refractivity contribution is -0.119. The summed E-state index contributed by atoms with van der Waals surface area (Å²) in [6, 6.07) is 24.1. The van der Waals surface area contributed by atoms with Crippen LogP contribution in [0.4, 0.5) is 5.69 Å². The summed E-state index contributed by atoms with van der Waals surface area (Å²) in [5.41, 5.74) is 3.84. The Morgan fingerprint density at radius 2 is 1.57 bits per heavy atom. The maximum atomic E-state index is 12.7. The number of para-hydroxylation sites is 1. The van der Waals surface area contributed by atoms with E-state index in [0.29, 0.717) is 18.4 Å². The van der Waals surface area contributed by atoms with Crippen LogP contribution in [0.3, 0.4) is 0 Å². The highest BCUT2D eigenvalue weighted by molar-refractivity contribution is 5.97. The van der Waals surface area contributed by atoms with Crippen molar-refractivity contribution >= 4 is 22.4 Å². The van der Waals surface area contributed by atoms with Gasteiger partial charge in [-0.1, -0.05) is 54.6 Å². The normalized spacial score (nSPS) is 18.4. The molecule has 2 heterocycles. The first-order chi connectivity index (χ1) is 13.8.